The third-order valence-electron chi connectivity index (χ3n) is 3.15. The summed E-state index contributed by atoms with van der Waals surface area (Å²) < 4.78 is 23.6. The molecule has 0 aliphatic carbocycles. The van der Waals surface area contributed by atoms with Gasteiger partial charge in [-0.25, -0.2) is 4.39 Å². The number of benzene rings is 2. The second-order valence-electron chi connectivity index (χ2n) is 4.49. The topological polar surface area (TPSA) is 30.5 Å². The van der Waals surface area contributed by atoms with Crippen LogP contribution in [0.15, 0.2) is 36.4 Å². The van der Waals surface area contributed by atoms with Crippen LogP contribution in [0.25, 0.3) is 0 Å². The number of halogens is 1. The summed E-state index contributed by atoms with van der Waals surface area (Å²) in [4.78, 5) is 0. The van der Waals surface area contributed by atoms with E-state index < -0.39 is 0 Å². The Morgan fingerprint density at radius 1 is 1.05 bits per heavy atom. The molecule has 0 amide bonds. The molecule has 4 heteroatoms. The van der Waals surface area contributed by atoms with Crippen LogP contribution in [-0.2, 0) is 6.54 Å². The first kappa shape index (κ1) is 14.2. The van der Waals surface area contributed by atoms with E-state index >= 15 is 0 Å². The molecule has 0 spiro atoms. The molecule has 0 saturated heterocycles. The van der Waals surface area contributed by atoms with Crippen LogP contribution in [0, 0.1) is 12.7 Å². The molecule has 2 aromatic rings. The van der Waals surface area contributed by atoms with Crippen molar-refractivity contribution in [1.82, 2.24) is 0 Å². The molecular formula is C16H18FNO2. The van der Waals surface area contributed by atoms with Gasteiger partial charge in [0.2, 0.25) is 0 Å². The molecule has 0 aromatic heterocycles. The second-order valence-corrected chi connectivity index (χ2v) is 4.49. The Bertz CT molecular complexity index is 599. The Labute approximate surface area is 118 Å². The van der Waals surface area contributed by atoms with Gasteiger partial charge >= 0.3 is 0 Å². The van der Waals surface area contributed by atoms with Gasteiger partial charge in [-0.2, -0.15) is 0 Å². The zero-order chi connectivity index (χ0) is 14.5. The summed E-state index contributed by atoms with van der Waals surface area (Å²) in [5.41, 5.74) is 2.75. The van der Waals surface area contributed by atoms with Gasteiger partial charge in [-0.15, -0.1) is 0 Å². The molecule has 3 nitrogen and oxygen atoms in total. The van der Waals surface area contributed by atoms with Crippen molar-refractivity contribution in [3.8, 4) is 11.5 Å². The van der Waals surface area contributed by atoms with Crippen molar-refractivity contribution in [3.05, 3.63) is 53.3 Å². The number of hydrogen-bond acceptors (Lipinski definition) is 3. The van der Waals surface area contributed by atoms with Crippen molar-refractivity contribution in [2.24, 2.45) is 0 Å². The van der Waals surface area contributed by atoms with E-state index in [0.29, 0.717) is 6.54 Å². The number of rotatable bonds is 5. The lowest BCUT2D eigenvalue weighted by molar-refractivity contribution is 0.399. The van der Waals surface area contributed by atoms with Crippen molar-refractivity contribution >= 4 is 5.69 Å². The molecule has 0 bridgehead atoms. The van der Waals surface area contributed by atoms with Gasteiger partial charge < -0.3 is 14.8 Å². The van der Waals surface area contributed by atoms with Crippen molar-refractivity contribution in [3.63, 3.8) is 0 Å². The fourth-order valence-electron chi connectivity index (χ4n) is 2.04. The largest absolute Gasteiger partial charge is 0.497 e. The number of hydrogen-bond donors (Lipinski definition) is 1. The maximum Gasteiger partial charge on any atom is 0.124 e. The van der Waals surface area contributed by atoms with E-state index in [0.717, 1.165) is 28.3 Å². The average molecular weight is 275 g/mol. The molecule has 20 heavy (non-hydrogen) atoms. The molecule has 106 valence electrons. The predicted octanol–water partition coefficient (Wildman–Crippen LogP) is 3.76. The minimum atomic E-state index is -0.230. The Hall–Kier alpha value is -2.23. The van der Waals surface area contributed by atoms with Gasteiger partial charge in [0.05, 0.1) is 14.2 Å². The zero-order valence-corrected chi connectivity index (χ0v) is 11.9. The summed E-state index contributed by atoms with van der Waals surface area (Å²) in [7, 11) is 3.26. The summed E-state index contributed by atoms with van der Waals surface area (Å²) in [5.74, 6) is 1.34. The lowest BCUT2D eigenvalue weighted by Crippen LogP contribution is -2.03. The van der Waals surface area contributed by atoms with Crippen LogP contribution in [0.5, 0.6) is 11.5 Å². The van der Waals surface area contributed by atoms with Crippen LogP contribution < -0.4 is 14.8 Å². The van der Waals surface area contributed by atoms with E-state index in [1.807, 2.05) is 25.1 Å². The van der Waals surface area contributed by atoms with E-state index in [-0.39, 0.29) is 5.82 Å². The molecule has 2 rings (SSSR count). The number of nitrogens with one attached hydrogen (secondary N) is 1. The second kappa shape index (κ2) is 6.28. The number of methoxy groups -OCH3 is 2. The summed E-state index contributed by atoms with van der Waals surface area (Å²) >= 11 is 0. The van der Waals surface area contributed by atoms with E-state index in [2.05, 4.69) is 5.32 Å². The summed E-state index contributed by atoms with van der Waals surface area (Å²) in [5, 5.41) is 3.28. The predicted molar refractivity (Wildman–Crippen MR) is 78.0 cm³/mol. The van der Waals surface area contributed by atoms with Gasteiger partial charge in [0.1, 0.15) is 17.3 Å². The number of aryl methyl sites for hydroxylation is 1. The SMILES string of the molecule is COc1ccc(OC)c(CNc2ccc(F)cc2C)c1. The highest BCUT2D eigenvalue weighted by atomic mass is 19.1. The molecule has 0 atom stereocenters. The van der Waals surface area contributed by atoms with Gasteiger partial charge in [0, 0.05) is 17.8 Å². The molecule has 0 aliphatic rings. The van der Waals surface area contributed by atoms with Crippen LogP contribution in [0.4, 0.5) is 10.1 Å². The molecule has 0 unspecified atom stereocenters. The van der Waals surface area contributed by atoms with Crippen molar-refractivity contribution in [2.45, 2.75) is 13.5 Å². The highest BCUT2D eigenvalue weighted by molar-refractivity contribution is 5.52. The highest BCUT2D eigenvalue weighted by Crippen LogP contribution is 2.25. The lowest BCUT2D eigenvalue weighted by Gasteiger charge is -2.13. The Kier molecular flexibility index (Phi) is 4.45. The third-order valence-corrected chi connectivity index (χ3v) is 3.15. The summed E-state index contributed by atoms with van der Waals surface area (Å²) in [6, 6.07) is 10.3. The fraction of sp³-hybridized carbons (Fsp3) is 0.250. The first-order valence-electron chi connectivity index (χ1n) is 6.35. The van der Waals surface area contributed by atoms with Crippen LogP contribution in [0.1, 0.15) is 11.1 Å². The normalized spacial score (nSPS) is 10.2. The molecule has 0 fully saturated rings. The van der Waals surface area contributed by atoms with Gasteiger partial charge in [0.25, 0.3) is 0 Å². The highest BCUT2D eigenvalue weighted by Gasteiger charge is 2.06. The van der Waals surface area contributed by atoms with Crippen molar-refractivity contribution < 1.29 is 13.9 Å². The van der Waals surface area contributed by atoms with Crippen molar-refractivity contribution in [1.29, 1.82) is 0 Å². The van der Waals surface area contributed by atoms with Crippen molar-refractivity contribution in [2.75, 3.05) is 19.5 Å². The Morgan fingerprint density at radius 2 is 1.85 bits per heavy atom. The minimum Gasteiger partial charge on any atom is -0.497 e. The number of anilines is 1. The maximum atomic E-state index is 13.1. The van der Waals surface area contributed by atoms with E-state index in [1.165, 1.54) is 12.1 Å². The first-order valence-corrected chi connectivity index (χ1v) is 6.35. The van der Waals surface area contributed by atoms with E-state index in [4.69, 9.17) is 9.47 Å². The van der Waals surface area contributed by atoms with Gasteiger partial charge in [-0.3, -0.25) is 0 Å². The molecule has 2 aromatic carbocycles. The standard InChI is InChI=1S/C16H18FNO2/c1-11-8-13(17)4-6-15(11)18-10-12-9-14(19-2)5-7-16(12)20-3/h4-9,18H,10H2,1-3H3. The summed E-state index contributed by atoms with van der Waals surface area (Å²) in [6.45, 7) is 2.45. The molecule has 0 radical (unpaired) electrons. The van der Waals surface area contributed by atoms with Gasteiger partial charge in [-0.1, -0.05) is 0 Å². The van der Waals surface area contributed by atoms with Crippen LogP contribution in [0.2, 0.25) is 0 Å². The fourth-order valence-corrected chi connectivity index (χ4v) is 2.04. The quantitative estimate of drug-likeness (QED) is 0.901. The maximum absolute atomic E-state index is 13.1. The Balaban J connectivity index is 2.17. The summed E-state index contributed by atoms with van der Waals surface area (Å²) in [6.07, 6.45) is 0. The minimum absolute atomic E-state index is 0.230. The molecule has 0 aliphatic heterocycles. The number of ether oxygens (including phenoxy) is 2. The average Bonchev–Trinajstić information content (AvgIpc) is 2.46. The Morgan fingerprint density at radius 3 is 2.50 bits per heavy atom. The van der Waals surface area contributed by atoms with Gasteiger partial charge in [-0.05, 0) is 48.9 Å². The zero-order valence-electron chi connectivity index (χ0n) is 11.9. The molecule has 0 heterocycles. The monoisotopic (exact) mass is 275 g/mol. The smallest absolute Gasteiger partial charge is 0.124 e. The van der Waals surface area contributed by atoms with Crippen LogP contribution in [0.3, 0.4) is 0 Å². The van der Waals surface area contributed by atoms with E-state index in [1.54, 1.807) is 20.3 Å². The van der Waals surface area contributed by atoms with Crippen LogP contribution >= 0.6 is 0 Å². The molecule has 1 N–H and O–H groups in total. The van der Waals surface area contributed by atoms with Gasteiger partial charge in [0.15, 0.2) is 0 Å². The van der Waals surface area contributed by atoms with E-state index in [9.17, 15) is 4.39 Å². The molecular weight excluding hydrogens is 257 g/mol. The third kappa shape index (κ3) is 3.20. The van der Waals surface area contributed by atoms with Crippen LogP contribution in [-0.4, -0.2) is 14.2 Å². The lowest BCUT2D eigenvalue weighted by atomic mass is 10.1. The first-order chi connectivity index (χ1) is 9.63. The molecule has 0 saturated carbocycles.